The molecule has 5 heteroatoms. The van der Waals surface area contributed by atoms with E-state index in [4.69, 9.17) is 4.74 Å². The molecule has 2 atom stereocenters. The van der Waals surface area contributed by atoms with Gasteiger partial charge in [0.15, 0.2) is 0 Å². The second-order valence-electron chi connectivity index (χ2n) is 5.94. The molecule has 0 aromatic carbocycles. The Balaban J connectivity index is 1.74. The maximum absolute atomic E-state index is 12.6. The van der Waals surface area contributed by atoms with Crippen LogP contribution in [0.2, 0.25) is 0 Å². The fraction of sp³-hybridized carbons (Fsp3) is 0.667. The Labute approximate surface area is 123 Å². The molecule has 110 valence electrons. The van der Waals surface area contributed by atoms with Crippen molar-refractivity contribution in [1.29, 1.82) is 0 Å². The Morgan fingerprint density at radius 2 is 2.20 bits per heavy atom. The van der Waals surface area contributed by atoms with Crippen LogP contribution in [0.3, 0.4) is 0 Å². The van der Waals surface area contributed by atoms with Gasteiger partial charge in [-0.05, 0) is 55.0 Å². The molecule has 1 amide bonds. The van der Waals surface area contributed by atoms with Crippen molar-refractivity contribution in [2.75, 3.05) is 13.1 Å². The molecule has 1 saturated heterocycles. The van der Waals surface area contributed by atoms with Crippen molar-refractivity contribution in [2.24, 2.45) is 0 Å². The fourth-order valence-electron chi connectivity index (χ4n) is 3.23. The number of ether oxygens (including phenoxy) is 1. The zero-order valence-corrected chi connectivity index (χ0v) is 12.6. The van der Waals surface area contributed by atoms with Crippen LogP contribution in [0.25, 0.3) is 0 Å². The largest absolute Gasteiger partial charge is 0.380 e. The molecule has 1 saturated carbocycles. The normalized spacial score (nSPS) is 29.6. The number of carbonyl (C=O) groups excluding carboxylic acids is 1. The third-order valence-electron chi connectivity index (χ3n) is 4.29. The van der Waals surface area contributed by atoms with Gasteiger partial charge in [-0.1, -0.05) is 0 Å². The SMILES string of the molecule is CC1CN(C(=O)C2(O)CCCC2)CC(c2ccsc2)O1. The number of hydrogen-bond donors (Lipinski definition) is 1. The van der Waals surface area contributed by atoms with Gasteiger partial charge in [-0.25, -0.2) is 0 Å². The van der Waals surface area contributed by atoms with E-state index in [1.165, 1.54) is 0 Å². The summed E-state index contributed by atoms with van der Waals surface area (Å²) in [5.41, 5.74) is -0.00579. The first-order chi connectivity index (χ1) is 9.58. The Bertz CT molecular complexity index is 467. The third-order valence-corrected chi connectivity index (χ3v) is 4.99. The maximum atomic E-state index is 12.6. The van der Waals surface area contributed by atoms with Crippen molar-refractivity contribution in [3.8, 4) is 0 Å². The van der Waals surface area contributed by atoms with Gasteiger partial charge >= 0.3 is 0 Å². The molecule has 4 nitrogen and oxygen atoms in total. The Kier molecular flexibility index (Phi) is 3.84. The second-order valence-corrected chi connectivity index (χ2v) is 6.72. The molecular weight excluding hydrogens is 274 g/mol. The molecular formula is C15H21NO3S. The Morgan fingerprint density at radius 1 is 1.45 bits per heavy atom. The summed E-state index contributed by atoms with van der Waals surface area (Å²) in [5.74, 6) is -0.106. The van der Waals surface area contributed by atoms with Gasteiger partial charge in [0, 0.05) is 6.54 Å². The zero-order valence-electron chi connectivity index (χ0n) is 11.7. The number of hydrogen-bond acceptors (Lipinski definition) is 4. The van der Waals surface area contributed by atoms with Crippen LogP contribution in [0.1, 0.15) is 44.3 Å². The number of aliphatic hydroxyl groups is 1. The highest BCUT2D eigenvalue weighted by atomic mass is 32.1. The lowest BCUT2D eigenvalue weighted by Crippen LogP contribution is -2.53. The molecule has 0 bridgehead atoms. The first-order valence-corrected chi connectivity index (χ1v) is 8.22. The van der Waals surface area contributed by atoms with E-state index in [0.717, 1.165) is 18.4 Å². The van der Waals surface area contributed by atoms with E-state index in [1.54, 1.807) is 16.2 Å². The number of amides is 1. The average Bonchev–Trinajstić information content (AvgIpc) is 3.09. The highest BCUT2D eigenvalue weighted by molar-refractivity contribution is 7.07. The highest BCUT2D eigenvalue weighted by Crippen LogP contribution is 2.34. The van der Waals surface area contributed by atoms with Crippen LogP contribution in [0.5, 0.6) is 0 Å². The van der Waals surface area contributed by atoms with Crippen LogP contribution < -0.4 is 0 Å². The summed E-state index contributed by atoms with van der Waals surface area (Å²) in [7, 11) is 0. The predicted molar refractivity (Wildman–Crippen MR) is 77.6 cm³/mol. The molecule has 0 spiro atoms. The lowest BCUT2D eigenvalue weighted by Gasteiger charge is -2.39. The molecule has 1 aliphatic heterocycles. The average molecular weight is 295 g/mol. The van der Waals surface area contributed by atoms with Crippen LogP contribution in [0.4, 0.5) is 0 Å². The van der Waals surface area contributed by atoms with Gasteiger partial charge < -0.3 is 14.7 Å². The number of morpholine rings is 1. The third kappa shape index (κ3) is 2.62. The van der Waals surface area contributed by atoms with Crippen molar-refractivity contribution in [3.05, 3.63) is 22.4 Å². The van der Waals surface area contributed by atoms with Crippen molar-refractivity contribution < 1.29 is 14.6 Å². The molecule has 2 unspecified atom stereocenters. The van der Waals surface area contributed by atoms with E-state index in [2.05, 4.69) is 5.38 Å². The van der Waals surface area contributed by atoms with Gasteiger partial charge in [0.05, 0.1) is 12.6 Å². The van der Waals surface area contributed by atoms with Crippen molar-refractivity contribution >= 4 is 17.2 Å². The molecule has 3 rings (SSSR count). The van der Waals surface area contributed by atoms with Gasteiger partial charge in [0.25, 0.3) is 5.91 Å². The molecule has 2 fully saturated rings. The van der Waals surface area contributed by atoms with E-state index in [0.29, 0.717) is 25.9 Å². The van der Waals surface area contributed by atoms with E-state index in [-0.39, 0.29) is 18.1 Å². The monoisotopic (exact) mass is 295 g/mol. The van der Waals surface area contributed by atoms with Gasteiger partial charge in [0.1, 0.15) is 11.7 Å². The predicted octanol–water partition coefficient (Wildman–Crippen LogP) is 2.34. The summed E-state index contributed by atoms with van der Waals surface area (Å²) < 4.78 is 5.94. The van der Waals surface area contributed by atoms with E-state index < -0.39 is 5.60 Å². The summed E-state index contributed by atoms with van der Waals surface area (Å²) in [5, 5.41) is 14.6. The van der Waals surface area contributed by atoms with Crippen LogP contribution >= 0.6 is 11.3 Å². The first-order valence-electron chi connectivity index (χ1n) is 7.28. The van der Waals surface area contributed by atoms with Gasteiger partial charge in [0.2, 0.25) is 0 Å². The van der Waals surface area contributed by atoms with Crippen molar-refractivity contribution in [1.82, 2.24) is 4.90 Å². The summed E-state index contributed by atoms with van der Waals surface area (Å²) in [4.78, 5) is 14.4. The van der Waals surface area contributed by atoms with Gasteiger partial charge in [-0.2, -0.15) is 11.3 Å². The van der Waals surface area contributed by atoms with Crippen LogP contribution in [0, 0.1) is 0 Å². The number of thiophene rings is 1. The summed E-state index contributed by atoms with van der Waals surface area (Å²) in [6.45, 7) is 3.10. The lowest BCUT2D eigenvalue weighted by molar-refractivity contribution is -0.163. The minimum Gasteiger partial charge on any atom is -0.380 e. The highest BCUT2D eigenvalue weighted by Gasteiger charge is 2.43. The molecule has 0 radical (unpaired) electrons. The molecule has 2 aliphatic rings. The quantitative estimate of drug-likeness (QED) is 0.911. The number of rotatable bonds is 2. The molecule has 20 heavy (non-hydrogen) atoms. The topological polar surface area (TPSA) is 49.8 Å². The van der Waals surface area contributed by atoms with Crippen LogP contribution in [-0.4, -0.2) is 40.7 Å². The second kappa shape index (κ2) is 5.47. The molecule has 1 N–H and O–H groups in total. The van der Waals surface area contributed by atoms with Crippen LogP contribution in [-0.2, 0) is 9.53 Å². The van der Waals surface area contributed by atoms with Crippen molar-refractivity contribution in [2.45, 2.75) is 50.4 Å². The summed E-state index contributed by atoms with van der Waals surface area (Å²) in [6.07, 6.45) is 3.01. The Morgan fingerprint density at radius 3 is 2.85 bits per heavy atom. The first kappa shape index (κ1) is 14.0. The molecule has 1 aromatic heterocycles. The smallest absolute Gasteiger partial charge is 0.254 e. The minimum absolute atomic E-state index is 0.00241. The Hall–Kier alpha value is -0.910. The number of nitrogens with zero attached hydrogens (tertiary/aromatic N) is 1. The maximum Gasteiger partial charge on any atom is 0.254 e. The standard InChI is InChI=1S/C15H21NO3S/c1-11-8-16(14(17)15(18)5-2-3-6-15)9-13(19-11)12-4-7-20-10-12/h4,7,10-11,13,18H,2-3,5-6,8-9H2,1H3. The number of carbonyl (C=O) groups is 1. The summed E-state index contributed by atoms with van der Waals surface area (Å²) >= 11 is 1.64. The summed E-state index contributed by atoms with van der Waals surface area (Å²) in [6, 6.07) is 2.04. The van der Waals surface area contributed by atoms with Crippen LogP contribution in [0.15, 0.2) is 16.8 Å². The minimum atomic E-state index is -1.13. The molecule has 1 aromatic rings. The van der Waals surface area contributed by atoms with E-state index >= 15 is 0 Å². The van der Waals surface area contributed by atoms with E-state index in [1.807, 2.05) is 18.4 Å². The molecule has 1 aliphatic carbocycles. The fourth-order valence-corrected chi connectivity index (χ4v) is 3.93. The van der Waals surface area contributed by atoms with Gasteiger partial charge in [-0.3, -0.25) is 4.79 Å². The van der Waals surface area contributed by atoms with Crippen molar-refractivity contribution in [3.63, 3.8) is 0 Å². The molecule has 2 heterocycles. The van der Waals surface area contributed by atoms with E-state index in [9.17, 15) is 9.90 Å². The zero-order chi connectivity index (χ0) is 14.2. The van der Waals surface area contributed by atoms with Gasteiger partial charge in [-0.15, -0.1) is 0 Å². The lowest BCUT2D eigenvalue weighted by atomic mass is 9.99.